The van der Waals surface area contributed by atoms with Crippen LogP contribution in [0.4, 0.5) is 5.69 Å². The third-order valence-corrected chi connectivity index (χ3v) is 8.86. The number of nitrogens with zero attached hydrogens (tertiary/aromatic N) is 2. The average molecular weight is 433 g/mol. The Labute approximate surface area is 173 Å². The van der Waals surface area contributed by atoms with Gasteiger partial charge >= 0.3 is 0 Å². The van der Waals surface area contributed by atoms with Crippen LogP contribution in [0.3, 0.4) is 0 Å². The molecule has 8 heteroatoms. The van der Waals surface area contributed by atoms with Crippen LogP contribution in [-0.4, -0.2) is 48.0 Å². The van der Waals surface area contributed by atoms with Crippen molar-refractivity contribution in [2.45, 2.75) is 17.0 Å². The third-order valence-electron chi connectivity index (χ3n) is 4.66. The lowest BCUT2D eigenvalue weighted by Crippen LogP contribution is -2.37. The molecule has 2 heterocycles. The number of carbonyl (C=O) groups excluding carboxylic acids is 1. The molecular formula is C20H20N2O3S3. The van der Waals surface area contributed by atoms with E-state index in [-0.39, 0.29) is 28.7 Å². The fraction of sp³-hybridized carbons (Fsp3) is 0.300. The highest BCUT2D eigenvalue weighted by Crippen LogP contribution is 2.40. The van der Waals surface area contributed by atoms with Crippen molar-refractivity contribution < 1.29 is 13.2 Å². The Morgan fingerprint density at radius 3 is 2.46 bits per heavy atom. The first kappa shape index (κ1) is 19.5. The van der Waals surface area contributed by atoms with Crippen molar-refractivity contribution >= 4 is 50.1 Å². The zero-order valence-corrected chi connectivity index (χ0v) is 17.6. The van der Waals surface area contributed by atoms with E-state index in [1.165, 1.54) is 29.1 Å². The fourth-order valence-corrected chi connectivity index (χ4v) is 8.12. The SMILES string of the molecule is O=C(CSCc1ccccc1)N=C1S[C@@H]2CS(=O)(=O)C[C@@H]2N1c1ccccc1. The summed E-state index contributed by atoms with van der Waals surface area (Å²) in [5.41, 5.74) is 2.05. The smallest absolute Gasteiger partial charge is 0.258 e. The maximum atomic E-state index is 12.4. The Hall–Kier alpha value is -1.77. The molecule has 2 aromatic carbocycles. The van der Waals surface area contributed by atoms with E-state index < -0.39 is 9.84 Å². The van der Waals surface area contributed by atoms with Gasteiger partial charge in [0, 0.05) is 16.7 Å². The first-order chi connectivity index (χ1) is 13.5. The Morgan fingerprint density at radius 2 is 1.75 bits per heavy atom. The molecule has 0 aromatic heterocycles. The Bertz CT molecular complexity index is 978. The van der Waals surface area contributed by atoms with Crippen molar-refractivity contribution in [3.63, 3.8) is 0 Å². The van der Waals surface area contributed by atoms with Crippen molar-refractivity contribution in [3.8, 4) is 0 Å². The summed E-state index contributed by atoms with van der Waals surface area (Å²) in [6.07, 6.45) is 0. The van der Waals surface area contributed by atoms with Gasteiger partial charge in [0.15, 0.2) is 15.0 Å². The van der Waals surface area contributed by atoms with E-state index in [0.717, 1.165) is 11.4 Å². The lowest BCUT2D eigenvalue weighted by Gasteiger charge is -2.24. The highest BCUT2D eigenvalue weighted by Gasteiger charge is 2.49. The third kappa shape index (κ3) is 4.45. The number of benzene rings is 2. The molecule has 0 N–H and O–H groups in total. The maximum absolute atomic E-state index is 12.4. The molecule has 2 atom stereocenters. The monoisotopic (exact) mass is 432 g/mol. The number of sulfone groups is 1. The summed E-state index contributed by atoms with van der Waals surface area (Å²) >= 11 is 2.95. The molecule has 5 nitrogen and oxygen atoms in total. The van der Waals surface area contributed by atoms with Gasteiger partial charge in [0.2, 0.25) is 0 Å². The predicted octanol–water partition coefficient (Wildman–Crippen LogP) is 3.22. The molecule has 0 unspecified atom stereocenters. The first-order valence-corrected chi connectivity index (χ1v) is 12.8. The summed E-state index contributed by atoms with van der Waals surface area (Å²) in [6, 6.07) is 19.4. The normalized spacial score (nSPS) is 24.4. The summed E-state index contributed by atoms with van der Waals surface area (Å²) in [4.78, 5) is 18.7. The van der Waals surface area contributed by atoms with E-state index in [1.54, 1.807) is 0 Å². The van der Waals surface area contributed by atoms with Gasteiger partial charge in [-0.2, -0.15) is 4.99 Å². The number of fused-ring (bicyclic) bond motifs is 1. The quantitative estimate of drug-likeness (QED) is 0.723. The van der Waals surface area contributed by atoms with Gasteiger partial charge in [-0.3, -0.25) is 4.79 Å². The van der Waals surface area contributed by atoms with Crippen molar-refractivity contribution in [2.75, 3.05) is 22.2 Å². The van der Waals surface area contributed by atoms with Gasteiger partial charge < -0.3 is 4.90 Å². The molecule has 4 rings (SSSR count). The zero-order chi connectivity index (χ0) is 19.6. The van der Waals surface area contributed by atoms with E-state index in [4.69, 9.17) is 0 Å². The Morgan fingerprint density at radius 1 is 1.07 bits per heavy atom. The van der Waals surface area contributed by atoms with Crippen LogP contribution < -0.4 is 4.90 Å². The zero-order valence-electron chi connectivity index (χ0n) is 15.1. The molecule has 2 aliphatic heterocycles. The van der Waals surface area contributed by atoms with Crippen LogP contribution in [-0.2, 0) is 20.4 Å². The summed E-state index contributed by atoms with van der Waals surface area (Å²) in [7, 11) is -3.05. The standard InChI is InChI=1S/C20H20N2O3S3/c23-19(12-26-11-15-7-3-1-4-8-15)21-20-22(16-9-5-2-6-10-16)17-13-28(24,25)14-18(17)27-20/h1-10,17-18H,11-14H2/t17-,18+/m0/s1. The number of amides is 1. The fourth-order valence-electron chi connectivity index (χ4n) is 3.42. The molecule has 0 radical (unpaired) electrons. The van der Waals surface area contributed by atoms with E-state index in [1.807, 2.05) is 65.6 Å². The number of aliphatic imine (C=N–C) groups is 1. The number of para-hydroxylation sites is 1. The highest BCUT2D eigenvalue weighted by atomic mass is 32.2. The van der Waals surface area contributed by atoms with E-state index >= 15 is 0 Å². The molecule has 2 aliphatic rings. The van der Waals surface area contributed by atoms with Crippen LogP contribution in [0.5, 0.6) is 0 Å². The van der Waals surface area contributed by atoms with Gasteiger partial charge in [0.1, 0.15) is 0 Å². The average Bonchev–Trinajstić information content (AvgIpc) is 3.14. The minimum Gasteiger partial charge on any atom is -0.316 e. The lowest BCUT2D eigenvalue weighted by molar-refractivity contribution is -0.115. The van der Waals surface area contributed by atoms with Crippen LogP contribution in [0.25, 0.3) is 0 Å². The second kappa shape index (κ2) is 8.31. The first-order valence-electron chi connectivity index (χ1n) is 8.96. The van der Waals surface area contributed by atoms with Gasteiger partial charge in [-0.15, -0.1) is 11.8 Å². The minimum absolute atomic E-state index is 0.0753. The molecule has 28 heavy (non-hydrogen) atoms. The molecule has 146 valence electrons. The molecule has 2 saturated heterocycles. The summed E-state index contributed by atoms with van der Waals surface area (Å²) in [5.74, 6) is 1.12. The highest BCUT2D eigenvalue weighted by molar-refractivity contribution is 8.16. The molecule has 0 aliphatic carbocycles. The molecule has 0 bridgehead atoms. The minimum atomic E-state index is -3.05. The number of thioether (sulfide) groups is 2. The van der Waals surface area contributed by atoms with E-state index in [2.05, 4.69) is 4.99 Å². The van der Waals surface area contributed by atoms with E-state index in [9.17, 15) is 13.2 Å². The molecule has 2 fully saturated rings. The number of hydrogen-bond donors (Lipinski definition) is 0. The van der Waals surface area contributed by atoms with Crippen LogP contribution in [0.2, 0.25) is 0 Å². The van der Waals surface area contributed by atoms with Crippen LogP contribution >= 0.6 is 23.5 Å². The topological polar surface area (TPSA) is 66.8 Å². The molecular weight excluding hydrogens is 412 g/mol. The van der Waals surface area contributed by atoms with Gasteiger partial charge in [-0.1, -0.05) is 60.3 Å². The number of anilines is 1. The molecule has 1 amide bonds. The molecule has 0 spiro atoms. The second-order valence-corrected chi connectivity index (χ2v) is 11.1. The number of hydrogen-bond acceptors (Lipinski definition) is 5. The largest absolute Gasteiger partial charge is 0.316 e. The van der Waals surface area contributed by atoms with Crippen molar-refractivity contribution in [2.24, 2.45) is 4.99 Å². The van der Waals surface area contributed by atoms with Crippen LogP contribution in [0.15, 0.2) is 65.7 Å². The Kier molecular flexibility index (Phi) is 5.80. The van der Waals surface area contributed by atoms with Gasteiger partial charge in [-0.05, 0) is 17.7 Å². The summed E-state index contributed by atoms with van der Waals surface area (Å²) < 4.78 is 24.2. The van der Waals surface area contributed by atoms with Crippen LogP contribution in [0, 0.1) is 0 Å². The van der Waals surface area contributed by atoms with Gasteiger partial charge in [0.05, 0.1) is 23.3 Å². The number of carbonyl (C=O) groups is 1. The second-order valence-electron chi connectivity index (χ2n) is 6.77. The van der Waals surface area contributed by atoms with Crippen molar-refractivity contribution in [1.29, 1.82) is 0 Å². The van der Waals surface area contributed by atoms with E-state index in [0.29, 0.717) is 10.9 Å². The predicted molar refractivity (Wildman–Crippen MR) is 118 cm³/mol. The molecule has 2 aromatic rings. The van der Waals surface area contributed by atoms with Crippen LogP contribution in [0.1, 0.15) is 5.56 Å². The van der Waals surface area contributed by atoms with Crippen molar-refractivity contribution in [3.05, 3.63) is 66.2 Å². The van der Waals surface area contributed by atoms with Gasteiger partial charge in [-0.25, -0.2) is 8.42 Å². The number of amidine groups is 1. The number of rotatable bonds is 5. The Balaban J connectivity index is 1.48. The van der Waals surface area contributed by atoms with Crippen molar-refractivity contribution in [1.82, 2.24) is 0 Å². The van der Waals surface area contributed by atoms with Gasteiger partial charge in [0.25, 0.3) is 5.91 Å². The summed E-state index contributed by atoms with van der Waals surface area (Å²) in [6.45, 7) is 0. The lowest BCUT2D eigenvalue weighted by atomic mass is 10.2. The molecule has 0 saturated carbocycles. The maximum Gasteiger partial charge on any atom is 0.258 e. The summed E-state index contributed by atoms with van der Waals surface area (Å²) in [5, 5.41) is 0.537.